The number of nitro groups is 1. The Morgan fingerprint density at radius 2 is 2.14 bits per heavy atom. The lowest BCUT2D eigenvalue weighted by Gasteiger charge is -2.43. The first-order chi connectivity index (χ1) is 14.0. The summed E-state index contributed by atoms with van der Waals surface area (Å²) in [5, 5.41) is 15.0. The van der Waals surface area contributed by atoms with Crippen LogP contribution < -0.4 is 15.6 Å². The molecule has 0 aliphatic carbocycles. The number of fused-ring (bicyclic) bond motifs is 4. The highest BCUT2D eigenvalue weighted by atomic mass is 32.1. The van der Waals surface area contributed by atoms with Gasteiger partial charge in [-0.1, -0.05) is 6.07 Å². The third-order valence-corrected chi connectivity index (χ3v) is 5.85. The van der Waals surface area contributed by atoms with Crippen molar-refractivity contribution in [2.75, 3.05) is 25.0 Å². The average molecular weight is 414 g/mol. The van der Waals surface area contributed by atoms with Gasteiger partial charge in [-0.3, -0.25) is 14.9 Å². The molecule has 2 aliphatic heterocycles. The number of ether oxygens (including phenoxy) is 1. The van der Waals surface area contributed by atoms with Gasteiger partial charge in [-0.25, -0.2) is 0 Å². The number of piperidine rings is 1. The minimum Gasteiger partial charge on any atom is -0.494 e. The van der Waals surface area contributed by atoms with E-state index in [1.807, 2.05) is 17.6 Å². The zero-order valence-corrected chi connectivity index (χ0v) is 16.9. The molecular weight excluding hydrogens is 392 g/mol. The van der Waals surface area contributed by atoms with Crippen LogP contribution in [0.2, 0.25) is 0 Å². The summed E-state index contributed by atoms with van der Waals surface area (Å²) in [6, 6.07) is 10.1. The van der Waals surface area contributed by atoms with Crippen LogP contribution in [0.25, 0.3) is 0 Å². The van der Waals surface area contributed by atoms with Crippen molar-refractivity contribution in [3.63, 3.8) is 0 Å². The summed E-state index contributed by atoms with van der Waals surface area (Å²) in [4.78, 5) is 25.3. The van der Waals surface area contributed by atoms with E-state index in [9.17, 15) is 14.9 Å². The van der Waals surface area contributed by atoms with Gasteiger partial charge in [0.25, 0.3) is 11.2 Å². The van der Waals surface area contributed by atoms with Crippen LogP contribution in [0.1, 0.15) is 25.0 Å². The molecule has 2 atom stereocenters. The Balaban J connectivity index is 1.53. The number of hydrogen-bond donors (Lipinski definition) is 1. The van der Waals surface area contributed by atoms with E-state index in [4.69, 9.17) is 17.0 Å². The van der Waals surface area contributed by atoms with Crippen molar-refractivity contribution in [2.24, 2.45) is 5.92 Å². The first-order valence-corrected chi connectivity index (χ1v) is 10.0. The van der Waals surface area contributed by atoms with Crippen molar-refractivity contribution in [1.82, 2.24) is 9.47 Å². The molecule has 2 bridgehead atoms. The second kappa shape index (κ2) is 7.82. The average Bonchev–Trinajstić information content (AvgIpc) is 2.70. The normalized spacial score (nSPS) is 20.0. The lowest BCUT2D eigenvalue weighted by Crippen LogP contribution is -2.50. The summed E-state index contributed by atoms with van der Waals surface area (Å²) in [5.74, 6) is 0.980. The maximum atomic E-state index is 12.2. The van der Waals surface area contributed by atoms with E-state index >= 15 is 0 Å². The maximum absolute atomic E-state index is 12.2. The third-order valence-electron chi connectivity index (χ3n) is 5.49. The van der Waals surface area contributed by atoms with Crippen LogP contribution in [0.4, 0.5) is 11.4 Å². The van der Waals surface area contributed by atoms with E-state index in [1.165, 1.54) is 6.07 Å². The number of aromatic nitrogens is 1. The molecule has 0 unspecified atom stereocenters. The molecule has 1 fully saturated rings. The van der Waals surface area contributed by atoms with Gasteiger partial charge in [0.15, 0.2) is 5.11 Å². The summed E-state index contributed by atoms with van der Waals surface area (Å²) in [6.45, 7) is 4.33. The van der Waals surface area contributed by atoms with Gasteiger partial charge in [0.05, 0.1) is 17.6 Å². The fraction of sp³-hybridized carbons (Fsp3) is 0.400. The number of rotatable bonds is 4. The smallest absolute Gasteiger partial charge is 0.296 e. The largest absolute Gasteiger partial charge is 0.494 e. The first kappa shape index (κ1) is 19.4. The molecule has 152 valence electrons. The first-order valence-electron chi connectivity index (χ1n) is 9.63. The second-order valence-corrected chi connectivity index (χ2v) is 7.79. The standard InChI is InChI=1S/C20H22N4O4S/c1-2-28-15-6-7-16(18(9-15)24(26)27)21-20(29)22-10-13-8-14(12-22)17-4-3-5-19(25)23(17)11-13/h3-7,9,13-14H,2,8,10-12H2,1H3,(H,21,29)/t13-,14-/m1/s1. The van der Waals surface area contributed by atoms with Crippen LogP contribution >= 0.6 is 12.2 Å². The van der Waals surface area contributed by atoms with Crippen molar-refractivity contribution in [3.8, 4) is 5.75 Å². The number of likely N-dealkylation sites (tertiary alicyclic amines) is 1. The molecule has 29 heavy (non-hydrogen) atoms. The molecule has 3 heterocycles. The van der Waals surface area contributed by atoms with Crippen LogP contribution in [0, 0.1) is 16.0 Å². The third kappa shape index (κ3) is 3.82. The molecule has 1 aromatic heterocycles. The van der Waals surface area contributed by atoms with E-state index in [0.717, 1.165) is 12.1 Å². The fourth-order valence-electron chi connectivity index (χ4n) is 4.28. The number of nitro benzene ring substituents is 1. The van der Waals surface area contributed by atoms with E-state index in [0.29, 0.717) is 48.7 Å². The summed E-state index contributed by atoms with van der Waals surface area (Å²) in [7, 11) is 0. The Morgan fingerprint density at radius 1 is 1.31 bits per heavy atom. The predicted octanol–water partition coefficient (Wildman–Crippen LogP) is 2.97. The molecule has 0 radical (unpaired) electrons. The van der Waals surface area contributed by atoms with Gasteiger partial charge in [-0.2, -0.15) is 0 Å². The number of thiocarbonyl (C=S) groups is 1. The Morgan fingerprint density at radius 3 is 2.90 bits per heavy atom. The molecule has 0 amide bonds. The van der Waals surface area contributed by atoms with Gasteiger partial charge in [-0.05, 0) is 49.7 Å². The molecule has 1 N–H and O–H groups in total. The summed E-state index contributed by atoms with van der Waals surface area (Å²) < 4.78 is 7.23. The number of nitrogens with zero attached hydrogens (tertiary/aromatic N) is 3. The van der Waals surface area contributed by atoms with Crippen molar-refractivity contribution < 1.29 is 9.66 Å². The Labute approximate surface area is 173 Å². The Hall–Kier alpha value is -2.94. The van der Waals surface area contributed by atoms with Crippen LogP contribution in [0.15, 0.2) is 41.2 Å². The molecule has 0 saturated carbocycles. The highest BCUT2D eigenvalue weighted by molar-refractivity contribution is 7.80. The fourth-order valence-corrected chi connectivity index (χ4v) is 4.54. The SMILES string of the molecule is CCOc1ccc(NC(=S)N2C[C@H]3C[C@H](C2)c2cccc(=O)n2C3)c([N+](=O)[O-])c1. The summed E-state index contributed by atoms with van der Waals surface area (Å²) in [6.07, 6.45) is 1.02. The molecule has 9 heteroatoms. The van der Waals surface area contributed by atoms with E-state index in [-0.39, 0.29) is 17.2 Å². The molecule has 2 aliphatic rings. The van der Waals surface area contributed by atoms with Gasteiger partial charge < -0.3 is 19.5 Å². The van der Waals surface area contributed by atoms with E-state index < -0.39 is 4.92 Å². The lowest BCUT2D eigenvalue weighted by atomic mass is 9.83. The maximum Gasteiger partial charge on any atom is 0.296 e. The molecule has 8 nitrogen and oxygen atoms in total. The molecule has 1 aromatic carbocycles. The highest BCUT2D eigenvalue weighted by Gasteiger charge is 2.35. The van der Waals surface area contributed by atoms with E-state index in [2.05, 4.69) is 10.2 Å². The van der Waals surface area contributed by atoms with Crippen molar-refractivity contribution in [3.05, 3.63) is 62.6 Å². The monoisotopic (exact) mass is 414 g/mol. The number of nitrogens with one attached hydrogen (secondary N) is 1. The minimum atomic E-state index is -0.443. The topological polar surface area (TPSA) is 89.6 Å². The number of benzene rings is 1. The minimum absolute atomic E-state index is 0.0383. The molecule has 2 aromatic rings. The van der Waals surface area contributed by atoms with Gasteiger partial charge in [-0.15, -0.1) is 0 Å². The van der Waals surface area contributed by atoms with Gasteiger partial charge in [0.2, 0.25) is 0 Å². The number of pyridine rings is 1. The van der Waals surface area contributed by atoms with Crippen molar-refractivity contribution in [1.29, 1.82) is 0 Å². The highest BCUT2D eigenvalue weighted by Crippen LogP contribution is 2.36. The van der Waals surface area contributed by atoms with Crippen LogP contribution in [0.3, 0.4) is 0 Å². The number of anilines is 1. The molecule has 1 saturated heterocycles. The van der Waals surface area contributed by atoms with Gasteiger partial charge >= 0.3 is 0 Å². The molecular formula is C20H22N4O4S. The van der Waals surface area contributed by atoms with Gasteiger partial charge in [0.1, 0.15) is 11.4 Å². The van der Waals surface area contributed by atoms with Crippen molar-refractivity contribution in [2.45, 2.75) is 25.8 Å². The second-order valence-electron chi connectivity index (χ2n) is 7.40. The van der Waals surface area contributed by atoms with Crippen LogP contribution in [-0.2, 0) is 6.54 Å². The lowest BCUT2D eigenvalue weighted by molar-refractivity contribution is -0.384. The summed E-state index contributed by atoms with van der Waals surface area (Å²) >= 11 is 5.58. The molecule has 0 spiro atoms. The van der Waals surface area contributed by atoms with E-state index in [1.54, 1.807) is 24.3 Å². The van der Waals surface area contributed by atoms with Crippen molar-refractivity contribution >= 4 is 28.7 Å². The summed E-state index contributed by atoms with van der Waals surface area (Å²) in [5.41, 5.74) is 1.34. The van der Waals surface area contributed by atoms with Crippen LogP contribution in [0.5, 0.6) is 5.75 Å². The quantitative estimate of drug-likeness (QED) is 0.467. The predicted molar refractivity (Wildman–Crippen MR) is 114 cm³/mol. The van der Waals surface area contributed by atoms with Crippen LogP contribution in [-0.4, -0.2) is 39.2 Å². The Kier molecular flexibility index (Phi) is 5.23. The van der Waals surface area contributed by atoms with Gasteiger partial charge in [0, 0.05) is 37.3 Å². The Bertz CT molecular complexity index is 1020. The zero-order chi connectivity index (χ0) is 20.5. The zero-order valence-electron chi connectivity index (χ0n) is 16.0. The molecule has 4 rings (SSSR count). The number of hydrogen-bond acceptors (Lipinski definition) is 5.